The first-order valence-corrected chi connectivity index (χ1v) is 5.19. The molecular formula is C12H17NO. The third-order valence-corrected chi connectivity index (χ3v) is 2.92. The first-order valence-electron chi connectivity index (χ1n) is 5.19. The van der Waals surface area contributed by atoms with Crippen molar-refractivity contribution in [2.24, 2.45) is 5.73 Å². The molecule has 0 amide bonds. The highest BCUT2D eigenvalue weighted by Gasteiger charge is 2.25. The van der Waals surface area contributed by atoms with Crippen molar-refractivity contribution in [3.05, 3.63) is 34.9 Å². The van der Waals surface area contributed by atoms with Crippen LogP contribution in [0.2, 0.25) is 0 Å². The number of hydrogen-bond acceptors (Lipinski definition) is 2. The second-order valence-electron chi connectivity index (χ2n) is 3.99. The molecule has 1 aromatic carbocycles. The molecule has 0 aromatic heterocycles. The van der Waals surface area contributed by atoms with Gasteiger partial charge in [0.05, 0.1) is 18.8 Å². The molecule has 2 heteroatoms. The first kappa shape index (κ1) is 9.69. The Morgan fingerprint density at radius 2 is 2.29 bits per heavy atom. The standard InChI is InChI=1S/C12H17NO/c1-3-11-12(13)10-6-8(2)4-5-9(10)7-14-11/h4-6,11-12H,3,7,13H2,1-2H3/t11-,12-/m1/s1. The van der Waals surface area contributed by atoms with E-state index in [9.17, 15) is 0 Å². The van der Waals surface area contributed by atoms with Crippen LogP contribution in [0, 0.1) is 6.92 Å². The zero-order valence-corrected chi connectivity index (χ0v) is 8.79. The molecule has 2 rings (SSSR count). The van der Waals surface area contributed by atoms with Gasteiger partial charge in [0.15, 0.2) is 0 Å². The summed E-state index contributed by atoms with van der Waals surface area (Å²) >= 11 is 0. The lowest BCUT2D eigenvalue weighted by Gasteiger charge is -2.30. The average Bonchev–Trinajstić information content (AvgIpc) is 2.20. The molecule has 0 spiro atoms. The number of ether oxygens (including phenoxy) is 1. The Kier molecular flexibility index (Phi) is 2.57. The fourth-order valence-electron chi connectivity index (χ4n) is 2.03. The Hall–Kier alpha value is -0.860. The van der Waals surface area contributed by atoms with E-state index in [-0.39, 0.29) is 12.1 Å². The molecule has 1 aliphatic rings. The molecule has 1 heterocycles. The smallest absolute Gasteiger partial charge is 0.0769 e. The molecule has 0 saturated heterocycles. The van der Waals surface area contributed by atoms with E-state index in [1.807, 2.05) is 0 Å². The fourth-order valence-corrected chi connectivity index (χ4v) is 2.03. The van der Waals surface area contributed by atoms with Crippen molar-refractivity contribution in [1.82, 2.24) is 0 Å². The third-order valence-electron chi connectivity index (χ3n) is 2.92. The van der Waals surface area contributed by atoms with Crippen molar-refractivity contribution in [2.45, 2.75) is 39.0 Å². The molecule has 2 atom stereocenters. The Bertz CT molecular complexity index is 335. The lowest BCUT2D eigenvalue weighted by atomic mass is 9.92. The van der Waals surface area contributed by atoms with Gasteiger partial charge in [-0.05, 0) is 24.5 Å². The topological polar surface area (TPSA) is 35.2 Å². The number of fused-ring (bicyclic) bond motifs is 1. The van der Waals surface area contributed by atoms with Crippen LogP contribution >= 0.6 is 0 Å². The number of nitrogens with two attached hydrogens (primary N) is 1. The molecule has 0 fully saturated rings. The van der Waals surface area contributed by atoms with Gasteiger partial charge < -0.3 is 10.5 Å². The fraction of sp³-hybridized carbons (Fsp3) is 0.500. The zero-order valence-electron chi connectivity index (χ0n) is 8.79. The minimum Gasteiger partial charge on any atom is -0.372 e. The maximum atomic E-state index is 6.14. The molecule has 0 aliphatic carbocycles. The summed E-state index contributed by atoms with van der Waals surface area (Å²) in [4.78, 5) is 0. The summed E-state index contributed by atoms with van der Waals surface area (Å²) in [5.41, 5.74) is 9.93. The lowest BCUT2D eigenvalue weighted by molar-refractivity contribution is 0.00678. The molecule has 1 aromatic rings. The molecule has 2 nitrogen and oxygen atoms in total. The van der Waals surface area contributed by atoms with Gasteiger partial charge in [-0.3, -0.25) is 0 Å². The van der Waals surface area contributed by atoms with Gasteiger partial charge in [-0.25, -0.2) is 0 Å². The molecule has 0 saturated carbocycles. The highest BCUT2D eigenvalue weighted by atomic mass is 16.5. The minimum atomic E-state index is 0.0450. The van der Waals surface area contributed by atoms with E-state index < -0.39 is 0 Å². The SMILES string of the molecule is CC[C@H]1OCc2ccc(C)cc2[C@H]1N. The molecular weight excluding hydrogens is 174 g/mol. The summed E-state index contributed by atoms with van der Waals surface area (Å²) < 4.78 is 5.68. The number of hydrogen-bond donors (Lipinski definition) is 1. The van der Waals surface area contributed by atoms with Crippen molar-refractivity contribution in [3.8, 4) is 0 Å². The van der Waals surface area contributed by atoms with E-state index in [0.29, 0.717) is 6.61 Å². The van der Waals surface area contributed by atoms with Crippen molar-refractivity contribution in [3.63, 3.8) is 0 Å². The number of aryl methyl sites for hydroxylation is 1. The van der Waals surface area contributed by atoms with Crippen LogP contribution in [0.1, 0.15) is 36.1 Å². The molecule has 76 valence electrons. The Balaban J connectivity index is 2.38. The zero-order chi connectivity index (χ0) is 10.1. The van der Waals surface area contributed by atoms with E-state index in [2.05, 4.69) is 32.0 Å². The highest BCUT2D eigenvalue weighted by molar-refractivity contribution is 5.35. The van der Waals surface area contributed by atoms with Crippen LogP contribution in [-0.2, 0) is 11.3 Å². The van der Waals surface area contributed by atoms with E-state index in [1.165, 1.54) is 16.7 Å². The summed E-state index contributed by atoms with van der Waals surface area (Å²) in [6.45, 7) is 4.93. The maximum absolute atomic E-state index is 6.14. The van der Waals surface area contributed by atoms with E-state index in [0.717, 1.165) is 6.42 Å². The van der Waals surface area contributed by atoms with Crippen LogP contribution in [0.5, 0.6) is 0 Å². The van der Waals surface area contributed by atoms with Crippen LogP contribution in [0.4, 0.5) is 0 Å². The average molecular weight is 191 g/mol. The first-order chi connectivity index (χ1) is 6.72. The molecule has 0 bridgehead atoms. The van der Waals surface area contributed by atoms with Crippen LogP contribution in [0.25, 0.3) is 0 Å². The van der Waals surface area contributed by atoms with E-state index in [4.69, 9.17) is 10.5 Å². The summed E-state index contributed by atoms with van der Waals surface area (Å²) in [7, 11) is 0. The minimum absolute atomic E-state index is 0.0450. The maximum Gasteiger partial charge on any atom is 0.0769 e. The molecule has 14 heavy (non-hydrogen) atoms. The van der Waals surface area contributed by atoms with Gasteiger partial charge in [0.2, 0.25) is 0 Å². The van der Waals surface area contributed by atoms with Crippen molar-refractivity contribution < 1.29 is 4.74 Å². The van der Waals surface area contributed by atoms with Crippen molar-refractivity contribution in [1.29, 1.82) is 0 Å². The molecule has 2 N–H and O–H groups in total. The molecule has 0 unspecified atom stereocenters. The predicted molar refractivity (Wildman–Crippen MR) is 57.0 cm³/mol. The van der Waals surface area contributed by atoms with Gasteiger partial charge in [-0.15, -0.1) is 0 Å². The second kappa shape index (κ2) is 3.71. The highest BCUT2D eigenvalue weighted by Crippen LogP contribution is 2.29. The predicted octanol–water partition coefficient (Wildman–Crippen LogP) is 2.30. The molecule has 1 aliphatic heterocycles. The molecule has 0 radical (unpaired) electrons. The number of benzene rings is 1. The quantitative estimate of drug-likeness (QED) is 0.739. The summed E-state index contributed by atoms with van der Waals surface area (Å²) in [6.07, 6.45) is 1.17. The lowest BCUT2D eigenvalue weighted by Crippen LogP contribution is -2.33. The van der Waals surface area contributed by atoms with Gasteiger partial charge >= 0.3 is 0 Å². The van der Waals surface area contributed by atoms with Gasteiger partial charge in [0.1, 0.15) is 0 Å². The van der Waals surface area contributed by atoms with Gasteiger partial charge in [0, 0.05) is 0 Å². The largest absolute Gasteiger partial charge is 0.372 e. The van der Waals surface area contributed by atoms with Crippen molar-refractivity contribution >= 4 is 0 Å². The Morgan fingerprint density at radius 1 is 1.50 bits per heavy atom. The van der Waals surface area contributed by atoms with E-state index in [1.54, 1.807) is 0 Å². The third kappa shape index (κ3) is 1.56. The van der Waals surface area contributed by atoms with Crippen LogP contribution in [-0.4, -0.2) is 6.10 Å². The second-order valence-corrected chi connectivity index (χ2v) is 3.99. The normalized spacial score (nSPS) is 25.9. The van der Waals surface area contributed by atoms with Crippen molar-refractivity contribution in [2.75, 3.05) is 0 Å². The monoisotopic (exact) mass is 191 g/mol. The van der Waals surface area contributed by atoms with Crippen LogP contribution < -0.4 is 5.73 Å². The Morgan fingerprint density at radius 3 is 3.00 bits per heavy atom. The van der Waals surface area contributed by atoms with Crippen LogP contribution in [0.3, 0.4) is 0 Å². The summed E-state index contributed by atoms with van der Waals surface area (Å²) in [5, 5.41) is 0. The van der Waals surface area contributed by atoms with E-state index >= 15 is 0 Å². The summed E-state index contributed by atoms with van der Waals surface area (Å²) in [5.74, 6) is 0. The van der Waals surface area contributed by atoms with Gasteiger partial charge in [-0.1, -0.05) is 30.7 Å². The Labute approximate surface area is 85.1 Å². The van der Waals surface area contributed by atoms with Gasteiger partial charge in [0.25, 0.3) is 0 Å². The summed E-state index contributed by atoms with van der Waals surface area (Å²) in [6, 6.07) is 6.46. The number of rotatable bonds is 1. The van der Waals surface area contributed by atoms with Gasteiger partial charge in [-0.2, -0.15) is 0 Å². The van der Waals surface area contributed by atoms with Crippen LogP contribution in [0.15, 0.2) is 18.2 Å².